The van der Waals surface area contributed by atoms with Crippen molar-refractivity contribution in [2.45, 2.75) is 51.4 Å². The summed E-state index contributed by atoms with van der Waals surface area (Å²) in [6.07, 6.45) is -1.95. The minimum Gasteiger partial charge on any atom is -0.480 e. The molecule has 1 fully saturated rings. The fourth-order valence-corrected chi connectivity index (χ4v) is 1.74. The first kappa shape index (κ1) is 13.4. The van der Waals surface area contributed by atoms with Crippen LogP contribution >= 0.6 is 0 Å². The molecule has 94 valence electrons. The first-order valence-corrected chi connectivity index (χ1v) is 5.25. The van der Waals surface area contributed by atoms with E-state index in [4.69, 9.17) is 9.84 Å². The molecule has 1 rings (SSSR count). The van der Waals surface area contributed by atoms with Gasteiger partial charge in [0.2, 0.25) is 6.41 Å². The van der Waals surface area contributed by atoms with Gasteiger partial charge >= 0.3 is 5.97 Å². The van der Waals surface area contributed by atoms with Crippen LogP contribution in [0, 0.1) is 0 Å². The molecule has 1 aliphatic heterocycles. The molecule has 6 heteroatoms. The van der Waals surface area contributed by atoms with Crippen molar-refractivity contribution in [3.05, 3.63) is 0 Å². The van der Waals surface area contributed by atoms with Crippen molar-refractivity contribution >= 4 is 5.97 Å². The van der Waals surface area contributed by atoms with E-state index in [1.165, 1.54) is 4.90 Å². The molecule has 3 N–H and O–H groups in total. The predicted octanol–water partition coefficient (Wildman–Crippen LogP) is -0.403. The second-order valence-electron chi connectivity index (χ2n) is 4.93. The number of nitrogens with zero attached hydrogens (tertiary/aromatic N) is 1. The van der Waals surface area contributed by atoms with Crippen molar-refractivity contribution in [2.24, 2.45) is 0 Å². The Morgan fingerprint density at radius 1 is 1.50 bits per heavy atom. The van der Waals surface area contributed by atoms with E-state index in [1.54, 1.807) is 20.8 Å². The number of carboxylic acid groups (broad SMARTS) is 1. The molecule has 16 heavy (non-hydrogen) atoms. The van der Waals surface area contributed by atoms with Crippen molar-refractivity contribution < 1.29 is 24.9 Å². The van der Waals surface area contributed by atoms with Crippen LogP contribution in [0.5, 0.6) is 0 Å². The van der Waals surface area contributed by atoms with E-state index in [0.717, 1.165) is 0 Å². The Morgan fingerprint density at radius 3 is 2.50 bits per heavy atom. The number of hydrogen-bond donors (Lipinski definition) is 3. The van der Waals surface area contributed by atoms with Crippen LogP contribution in [-0.4, -0.2) is 56.9 Å². The summed E-state index contributed by atoms with van der Waals surface area (Å²) in [5.41, 5.74) is -0.573. The molecule has 0 aromatic heterocycles. The number of ether oxygens (including phenoxy) is 1. The molecule has 0 radical (unpaired) electrons. The number of likely N-dealkylation sites (tertiary alicyclic amines) is 1. The van der Waals surface area contributed by atoms with Crippen LogP contribution < -0.4 is 0 Å². The third kappa shape index (κ3) is 3.15. The number of carboxylic acids is 1. The van der Waals surface area contributed by atoms with E-state index in [-0.39, 0.29) is 0 Å². The molecule has 0 aromatic carbocycles. The Balaban J connectivity index is 2.68. The Bertz CT molecular complexity index is 262. The van der Waals surface area contributed by atoms with Crippen LogP contribution in [0.25, 0.3) is 0 Å². The SMILES string of the molecule is CC(C)(C)OC(O)N1CC[C@H](O)[C@H]1C(=O)O. The molecule has 0 aliphatic carbocycles. The second kappa shape index (κ2) is 4.67. The highest BCUT2D eigenvalue weighted by Gasteiger charge is 2.42. The van der Waals surface area contributed by atoms with Gasteiger partial charge < -0.3 is 20.1 Å². The number of aliphatic hydroxyl groups excluding tert-OH is 2. The van der Waals surface area contributed by atoms with E-state index >= 15 is 0 Å². The highest BCUT2D eigenvalue weighted by molar-refractivity contribution is 5.74. The highest BCUT2D eigenvalue weighted by Crippen LogP contribution is 2.23. The van der Waals surface area contributed by atoms with Crippen LogP contribution in [0.2, 0.25) is 0 Å². The minimum atomic E-state index is -1.31. The Hall–Kier alpha value is -0.690. The van der Waals surface area contributed by atoms with E-state index in [1.807, 2.05) is 0 Å². The lowest BCUT2D eigenvalue weighted by molar-refractivity contribution is -0.245. The molecule has 0 spiro atoms. The van der Waals surface area contributed by atoms with E-state index in [0.29, 0.717) is 13.0 Å². The first-order chi connectivity index (χ1) is 7.22. The molecule has 1 saturated heterocycles. The van der Waals surface area contributed by atoms with Crippen LogP contribution in [0.3, 0.4) is 0 Å². The zero-order valence-corrected chi connectivity index (χ0v) is 9.75. The lowest BCUT2D eigenvalue weighted by Gasteiger charge is -2.32. The maximum absolute atomic E-state index is 10.9. The molecular weight excluding hydrogens is 214 g/mol. The van der Waals surface area contributed by atoms with Gasteiger partial charge in [-0.05, 0) is 27.2 Å². The maximum atomic E-state index is 10.9. The van der Waals surface area contributed by atoms with Crippen LogP contribution in [0.4, 0.5) is 0 Å². The van der Waals surface area contributed by atoms with Crippen molar-refractivity contribution in [3.8, 4) is 0 Å². The van der Waals surface area contributed by atoms with E-state index in [9.17, 15) is 15.0 Å². The van der Waals surface area contributed by atoms with Gasteiger partial charge in [0.1, 0.15) is 6.04 Å². The van der Waals surface area contributed by atoms with Crippen molar-refractivity contribution in [3.63, 3.8) is 0 Å². The van der Waals surface area contributed by atoms with Crippen molar-refractivity contribution in [1.82, 2.24) is 4.90 Å². The van der Waals surface area contributed by atoms with Gasteiger partial charge in [-0.2, -0.15) is 0 Å². The summed E-state index contributed by atoms with van der Waals surface area (Å²) in [4.78, 5) is 12.2. The average molecular weight is 233 g/mol. The third-order valence-corrected chi connectivity index (χ3v) is 2.40. The first-order valence-electron chi connectivity index (χ1n) is 5.25. The highest BCUT2D eigenvalue weighted by atomic mass is 16.6. The molecule has 0 aromatic rings. The minimum absolute atomic E-state index is 0.301. The smallest absolute Gasteiger partial charge is 0.323 e. The van der Waals surface area contributed by atoms with Crippen LogP contribution in [-0.2, 0) is 9.53 Å². The molecule has 0 amide bonds. The molecule has 0 saturated carbocycles. The standard InChI is InChI=1S/C10H19NO5/c1-10(2,3)16-9(15)11-5-4-6(12)7(11)8(13)14/h6-7,9,12,15H,4-5H2,1-3H3,(H,13,14)/t6-,7-,9?/m0/s1. The van der Waals surface area contributed by atoms with Crippen molar-refractivity contribution in [1.29, 1.82) is 0 Å². The number of aliphatic hydroxyl groups is 2. The lowest BCUT2D eigenvalue weighted by atomic mass is 10.2. The summed E-state index contributed by atoms with van der Waals surface area (Å²) in [7, 11) is 0. The summed E-state index contributed by atoms with van der Waals surface area (Å²) in [5, 5.41) is 28.2. The summed E-state index contributed by atoms with van der Waals surface area (Å²) >= 11 is 0. The third-order valence-electron chi connectivity index (χ3n) is 2.40. The zero-order chi connectivity index (χ0) is 12.5. The average Bonchev–Trinajstić information content (AvgIpc) is 2.43. The van der Waals surface area contributed by atoms with E-state index in [2.05, 4.69) is 0 Å². The molecule has 1 unspecified atom stereocenters. The Kier molecular flexibility index (Phi) is 3.90. The summed E-state index contributed by atoms with van der Waals surface area (Å²) in [5.74, 6) is -1.15. The van der Waals surface area contributed by atoms with Gasteiger partial charge in [0.05, 0.1) is 11.7 Å². The summed E-state index contributed by atoms with van der Waals surface area (Å²) in [6.45, 7) is 5.59. The number of hydrogen-bond acceptors (Lipinski definition) is 5. The number of carbonyl (C=O) groups is 1. The van der Waals surface area contributed by atoms with Gasteiger partial charge in [-0.25, -0.2) is 4.90 Å². The van der Waals surface area contributed by atoms with Crippen molar-refractivity contribution in [2.75, 3.05) is 6.54 Å². The fourth-order valence-electron chi connectivity index (χ4n) is 1.74. The van der Waals surface area contributed by atoms with Gasteiger partial charge in [0.25, 0.3) is 0 Å². The van der Waals surface area contributed by atoms with E-state index < -0.39 is 30.1 Å². The fraction of sp³-hybridized carbons (Fsp3) is 0.900. The van der Waals surface area contributed by atoms with Gasteiger partial charge in [0.15, 0.2) is 0 Å². The molecule has 1 heterocycles. The zero-order valence-electron chi connectivity index (χ0n) is 9.75. The second-order valence-corrected chi connectivity index (χ2v) is 4.93. The van der Waals surface area contributed by atoms with Crippen LogP contribution in [0.15, 0.2) is 0 Å². The summed E-state index contributed by atoms with van der Waals surface area (Å²) in [6, 6.07) is -1.10. The lowest BCUT2D eigenvalue weighted by Crippen LogP contribution is -2.50. The molecule has 6 nitrogen and oxygen atoms in total. The monoisotopic (exact) mass is 233 g/mol. The Morgan fingerprint density at radius 2 is 2.06 bits per heavy atom. The molecule has 3 atom stereocenters. The largest absolute Gasteiger partial charge is 0.480 e. The molecule has 1 aliphatic rings. The molecule has 0 bridgehead atoms. The number of rotatable bonds is 3. The van der Waals surface area contributed by atoms with Gasteiger partial charge in [-0.1, -0.05) is 0 Å². The maximum Gasteiger partial charge on any atom is 0.323 e. The van der Waals surface area contributed by atoms with Gasteiger partial charge in [-0.15, -0.1) is 0 Å². The predicted molar refractivity (Wildman–Crippen MR) is 55.6 cm³/mol. The number of aliphatic carboxylic acids is 1. The van der Waals surface area contributed by atoms with Crippen LogP contribution in [0.1, 0.15) is 27.2 Å². The van der Waals surface area contributed by atoms with Gasteiger partial charge in [0, 0.05) is 6.54 Å². The quantitative estimate of drug-likeness (QED) is 0.574. The Labute approximate surface area is 94.4 Å². The summed E-state index contributed by atoms with van der Waals surface area (Å²) < 4.78 is 5.26. The normalized spacial score (nSPS) is 29.3. The molecular formula is C10H19NO5. The topological polar surface area (TPSA) is 90.2 Å². The van der Waals surface area contributed by atoms with Gasteiger partial charge in [-0.3, -0.25) is 4.79 Å².